The van der Waals surface area contributed by atoms with E-state index >= 15 is 0 Å². The summed E-state index contributed by atoms with van der Waals surface area (Å²) in [5.74, 6) is -4.03. The first-order valence-corrected chi connectivity index (χ1v) is 14.1. The zero-order chi connectivity index (χ0) is 30.1. The van der Waals surface area contributed by atoms with Gasteiger partial charge in [0.05, 0.1) is 48.2 Å². The molecule has 5 rings (SSSR count). The summed E-state index contributed by atoms with van der Waals surface area (Å²) in [7, 11) is 1.46. The highest BCUT2D eigenvalue weighted by atomic mass is 16.6. The number of Topliss-reactive ketones (excluding diaryl/α,β-unsaturated/α-hetero) is 1. The monoisotopic (exact) mass is 572 g/mol. The molecule has 10 heteroatoms. The number of aliphatic hydroxyl groups is 3. The molecule has 9 atom stereocenters. The first-order valence-electron chi connectivity index (χ1n) is 14.1. The van der Waals surface area contributed by atoms with E-state index in [9.17, 15) is 29.7 Å². The van der Waals surface area contributed by atoms with Gasteiger partial charge in [-0.2, -0.15) is 0 Å². The second-order valence-corrected chi connectivity index (χ2v) is 12.7. The molecule has 224 valence electrons. The number of methoxy groups -OCH3 is 1. The van der Waals surface area contributed by atoms with E-state index in [1.165, 1.54) is 14.0 Å². The van der Waals surface area contributed by atoms with E-state index < -0.39 is 82.6 Å². The number of rotatable bonds is 5. The highest BCUT2D eigenvalue weighted by molar-refractivity contribution is 5.92. The Morgan fingerprint density at radius 1 is 1.15 bits per heavy atom. The van der Waals surface area contributed by atoms with Crippen molar-refractivity contribution < 1.29 is 48.7 Å². The van der Waals surface area contributed by atoms with Gasteiger partial charge >= 0.3 is 11.9 Å². The lowest BCUT2D eigenvalue weighted by molar-refractivity contribution is -0.347. The van der Waals surface area contributed by atoms with Gasteiger partial charge in [0.25, 0.3) is 0 Å². The van der Waals surface area contributed by atoms with Gasteiger partial charge in [-0.25, -0.2) is 4.79 Å². The maximum absolute atomic E-state index is 14.8. The number of ketones is 1. The Balaban J connectivity index is 1.84. The SMILES string of the molecule is CO[C@H]1C[C@H]2OC[C@@]2(OC(C)=O)[C@H]2[C@H](OC(=O)c3ccccc3)[C@]3(O)C[C@H](O)C(C)=C([C@@H](CO)C(=O)[C@]12C)C3(C)C. The van der Waals surface area contributed by atoms with E-state index in [-0.39, 0.29) is 25.0 Å². The zero-order valence-electron chi connectivity index (χ0n) is 24.4. The van der Waals surface area contributed by atoms with Gasteiger partial charge in [-0.1, -0.05) is 32.0 Å². The van der Waals surface area contributed by atoms with Crippen molar-refractivity contribution in [3.63, 3.8) is 0 Å². The molecule has 0 unspecified atom stereocenters. The van der Waals surface area contributed by atoms with E-state index in [1.54, 1.807) is 58.0 Å². The molecule has 2 saturated carbocycles. The quantitative estimate of drug-likeness (QED) is 0.353. The third kappa shape index (κ3) is 3.98. The van der Waals surface area contributed by atoms with Crippen LogP contribution in [-0.4, -0.2) is 89.0 Å². The van der Waals surface area contributed by atoms with Crippen LogP contribution in [0.1, 0.15) is 57.8 Å². The molecule has 1 aliphatic heterocycles. The van der Waals surface area contributed by atoms with Crippen LogP contribution in [0.5, 0.6) is 0 Å². The maximum atomic E-state index is 14.8. The molecule has 0 amide bonds. The molecule has 1 aromatic carbocycles. The molecule has 1 heterocycles. The van der Waals surface area contributed by atoms with Crippen LogP contribution in [0.25, 0.3) is 0 Å². The summed E-state index contributed by atoms with van der Waals surface area (Å²) >= 11 is 0. The topological polar surface area (TPSA) is 149 Å². The van der Waals surface area contributed by atoms with Gasteiger partial charge in [0, 0.05) is 32.3 Å². The molecule has 2 bridgehead atoms. The predicted octanol–water partition coefficient (Wildman–Crippen LogP) is 1.98. The summed E-state index contributed by atoms with van der Waals surface area (Å²) < 4.78 is 24.1. The van der Waals surface area contributed by atoms with Crippen LogP contribution in [0.15, 0.2) is 41.5 Å². The summed E-state index contributed by atoms with van der Waals surface area (Å²) in [6, 6.07) is 8.27. The summed E-state index contributed by atoms with van der Waals surface area (Å²) in [6.07, 6.45) is -4.17. The second-order valence-electron chi connectivity index (χ2n) is 12.7. The van der Waals surface area contributed by atoms with Crippen LogP contribution in [0.4, 0.5) is 0 Å². The molecule has 41 heavy (non-hydrogen) atoms. The van der Waals surface area contributed by atoms with Crippen LogP contribution in [0.2, 0.25) is 0 Å². The smallest absolute Gasteiger partial charge is 0.338 e. The summed E-state index contributed by atoms with van der Waals surface area (Å²) in [5.41, 5.74) is -5.09. The molecule has 0 spiro atoms. The molecule has 0 radical (unpaired) electrons. The van der Waals surface area contributed by atoms with Gasteiger partial charge in [-0.05, 0) is 37.1 Å². The Morgan fingerprint density at radius 2 is 1.80 bits per heavy atom. The summed E-state index contributed by atoms with van der Waals surface area (Å²) in [5, 5.41) is 34.9. The van der Waals surface area contributed by atoms with Crippen LogP contribution < -0.4 is 0 Å². The number of aliphatic hydroxyl groups excluding tert-OH is 2. The van der Waals surface area contributed by atoms with Gasteiger partial charge in [-0.3, -0.25) is 9.59 Å². The Labute approximate surface area is 239 Å². The number of carbonyl (C=O) groups is 3. The fourth-order valence-electron chi connectivity index (χ4n) is 8.39. The van der Waals surface area contributed by atoms with Crippen molar-refractivity contribution in [2.24, 2.45) is 22.7 Å². The molecule has 4 aliphatic rings. The Hall–Kier alpha value is -2.63. The lowest BCUT2D eigenvalue weighted by atomic mass is 9.43. The molecule has 1 saturated heterocycles. The Kier molecular flexibility index (Phi) is 7.27. The first-order chi connectivity index (χ1) is 19.2. The standard InChI is InChI=1S/C31H40O10/c1-16-20(34)13-31(37)26(40-27(36)18-10-8-7-9-11-18)24-29(5,25(35)19(14-32)23(16)28(31,3)4)21(38-6)12-22-30(24,15-39-22)41-17(2)33/h7-11,19-22,24,26,32,34,37H,12-15H2,1-6H3/t19-,20+,21+,22-,24+,26+,29-,30+,31-/m1/s1. The van der Waals surface area contributed by atoms with Gasteiger partial charge in [0.2, 0.25) is 0 Å². The molecule has 3 aliphatic carbocycles. The van der Waals surface area contributed by atoms with E-state index in [0.29, 0.717) is 11.1 Å². The van der Waals surface area contributed by atoms with Gasteiger partial charge in [-0.15, -0.1) is 0 Å². The third-order valence-electron chi connectivity index (χ3n) is 10.5. The van der Waals surface area contributed by atoms with Gasteiger partial charge in [0.1, 0.15) is 17.8 Å². The van der Waals surface area contributed by atoms with Crippen LogP contribution in [0.3, 0.4) is 0 Å². The average Bonchev–Trinajstić information content (AvgIpc) is 2.91. The normalized spacial score (nSPS) is 41.2. The number of ether oxygens (including phenoxy) is 4. The number of fused-ring (bicyclic) bond motifs is 5. The highest BCUT2D eigenvalue weighted by Crippen LogP contribution is 2.65. The molecule has 1 aromatic rings. The predicted molar refractivity (Wildman–Crippen MR) is 145 cm³/mol. The van der Waals surface area contributed by atoms with Crippen molar-refractivity contribution >= 4 is 17.7 Å². The van der Waals surface area contributed by atoms with E-state index in [4.69, 9.17) is 18.9 Å². The van der Waals surface area contributed by atoms with E-state index in [2.05, 4.69) is 0 Å². The van der Waals surface area contributed by atoms with Crippen molar-refractivity contribution in [2.45, 2.75) is 83.1 Å². The zero-order valence-corrected chi connectivity index (χ0v) is 24.4. The second kappa shape index (κ2) is 9.98. The van der Waals surface area contributed by atoms with Gasteiger partial charge < -0.3 is 34.3 Å². The first kappa shape index (κ1) is 29.8. The number of esters is 2. The average molecular weight is 573 g/mol. The highest BCUT2D eigenvalue weighted by Gasteiger charge is 2.78. The molecule has 10 nitrogen and oxygen atoms in total. The van der Waals surface area contributed by atoms with E-state index in [0.717, 1.165) is 0 Å². The lowest BCUT2D eigenvalue weighted by Gasteiger charge is -2.68. The maximum Gasteiger partial charge on any atom is 0.338 e. The van der Waals surface area contributed by atoms with Crippen LogP contribution >= 0.6 is 0 Å². The molecule has 3 N–H and O–H groups in total. The van der Waals surface area contributed by atoms with E-state index in [1.807, 2.05) is 0 Å². The largest absolute Gasteiger partial charge is 0.455 e. The number of hydrogen-bond acceptors (Lipinski definition) is 10. The minimum Gasteiger partial charge on any atom is -0.455 e. The Morgan fingerprint density at radius 3 is 2.34 bits per heavy atom. The van der Waals surface area contributed by atoms with Crippen molar-refractivity contribution in [2.75, 3.05) is 20.3 Å². The summed E-state index contributed by atoms with van der Waals surface area (Å²) in [4.78, 5) is 41.2. The molecular formula is C31H40O10. The van der Waals surface area contributed by atoms with Crippen LogP contribution in [-0.2, 0) is 28.5 Å². The minimum atomic E-state index is -1.96. The van der Waals surface area contributed by atoms with Crippen molar-refractivity contribution in [3.8, 4) is 0 Å². The fraction of sp³-hybridized carbons (Fsp3) is 0.645. The fourth-order valence-corrected chi connectivity index (χ4v) is 8.39. The van der Waals surface area contributed by atoms with Crippen molar-refractivity contribution in [1.82, 2.24) is 0 Å². The summed E-state index contributed by atoms with van der Waals surface area (Å²) in [6.45, 7) is 7.39. The van der Waals surface area contributed by atoms with Gasteiger partial charge in [0.15, 0.2) is 11.4 Å². The number of benzene rings is 1. The molecular weight excluding hydrogens is 532 g/mol. The number of carbonyl (C=O) groups excluding carboxylic acids is 3. The lowest BCUT2D eigenvalue weighted by Crippen LogP contribution is -2.81. The third-order valence-corrected chi connectivity index (χ3v) is 10.5. The van der Waals surface area contributed by atoms with Crippen LogP contribution in [0, 0.1) is 22.7 Å². The molecule has 0 aromatic heterocycles. The van der Waals surface area contributed by atoms with Crippen molar-refractivity contribution in [1.29, 1.82) is 0 Å². The Bertz CT molecular complexity index is 1270. The number of hydrogen-bond donors (Lipinski definition) is 3. The minimum absolute atomic E-state index is 0.0921. The molecule has 3 fully saturated rings. The van der Waals surface area contributed by atoms with Crippen molar-refractivity contribution in [3.05, 3.63) is 47.0 Å².